The molecule has 0 bridgehead atoms. The quantitative estimate of drug-likeness (QED) is 0.460. The maximum atomic E-state index is 12.6. The van der Waals surface area contributed by atoms with Gasteiger partial charge in [0.25, 0.3) is 5.91 Å². The number of anilines is 1. The number of nitrogens with one attached hydrogen (secondary N) is 2. The first kappa shape index (κ1) is 18.9. The van der Waals surface area contributed by atoms with Gasteiger partial charge in [0, 0.05) is 17.8 Å². The molecule has 0 radical (unpaired) electrons. The summed E-state index contributed by atoms with van der Waals surface area (Å²) in [5.74, 6) is -2.25. The summed E-state index contributed by atoms with van der Waals surface area (Å²) in [6.45, 7) is 0.00158. The van der Waals surface area contributed by atoms with E-state index in [1.54, 1.807) is 24.3 Å². The molecule has 0 saturated carbocycles. The van der Waals surface area contributed by atoms with Crippen molar-refractivity contribution in [3.05, 3.63) is 64.7 Å². The van der Waals surface area contributed by atoms with Gasteiger partial charge in [-0.2, -0.15) is 0 Å². The number of thiazole rings is 1. The summed E-state index contributed by atoms with van der Waals surface area (Å²) in [6, 6.07) is 14.5. The van der Waals surface area contributed by atoms with Crippen molar-refractivity contribution in [1.29, 1.82) is 0 Å². The minimum absolute atomic E-state index is 0.0403. The number of aliphatic carboxylic acids is 1. The van der Waals surface area contributed by atoms with Crippen LogP contribution in [0.15, 0.2) is 54.1 Å². The highest BCUT2D eigenvalue weighted by Crippen LogP contribution is 2.29. The Morgan fingerprint density at radius 3 is 2.76 bits per heavy atom. The molecule has 8 nitrogen and oxygen atoms in total. The first-order chi connectivity index (χ1) is 14.0. The number of fused-ring (bicyclic) bond motifs is 2. The summed E-state index contributed by atoms with van der Waals surface area (Å²) in [6.07, 6.45) is -1.58. The molecular formula is C20H17N3O5S. The molecule has 148 valence electrons. The van der Waals surface area contributed by atoms with E-state index in [1.807, 2.05) is 24.3 Å². The van der Waals surface area contributed by atoms with E-state index in [4.69, 9.17) is 4.74 Å². The van der Waals surface area contributed by atoms with E-state index >= 15 is 0 Å². The topological polar surface area (TPSA) is 121 Å². The number of carboxylic acid groups (broad SMARTS) is 1. The molecule has 0 saturated heterocycles. The van der Waals surface area contributed by atoms with E-state index in [1.165, 1.54) is 11.3 Å². The molecule has 4 N–H and O–H groups in total. The summed E-state index contributed by atoms with van der Waals surface area (Å²) < 4.78 is 6.34. The van der Waals surface area contributed by atoms with E-state index in [2.05, 4.69) is 15.6 Å². The zero-order chi connectivity index (χ0) is 20.4. The number of para-hydroxylation sites is 2. The number of aliphatic hydroxyl groups excluding tert-OH is 1. The number of nitrogens with zero attached hydrogens (tertiary/aromatic N) is 1. The van der Waals surface area contributed by atoms with Gasteiger partial charge in [-0.15, -0.1) is 11.3 Å². The maximum absolute atomic E-state index is 12.6. The standard InChI is InChI=1S/C20H17N3O5S/c24-17-11-5-1-2-6-13(11)21-9-12(17)18(25)23-19(20(26)27)28-10-16-22-14-7-3-4-8-15(14)29-16/h1-8,19,21,24H,9-10H2,(H,23,25)(H,26,27). The Balaban J connectivity index is 1.47. The van der Waals surface area contributed by atoms with Crippen LogP contribution in [-0.2, 0) is 20.9 Å². The number of carbonyl (C=O) groups is 2. The largest absolute Gasteiger partial charge is 0.507 e. The summed E-state index contributed by atoms with van der Waals surface area (Å²) in [7, 11) is 0. The molecule has 0 aliphatic carbocycles. The van der Waals surface area contributed by atoms with Crippen molar-refractivity contribution in [1.82, 2.24) is 10.3 Å². The van der Waals surface area contributed by atoms with Crippen molar-refractivity contribution < 1.29 is 24.5 Å². The molecule has 1 atom stereocenters. The lowest BCUT2D eigenvalue weighted by atomic mass is 10.0. The number of ether oxygens (including phenoxy) is 1. The molecule has 1 aromatic heterocycles. The zero-order valence-corrected chi connectivity index (χ0v) is 15.9. The minimum atomic E-state index is -1.58. The van der Waals surface area contributed by atoms with Crippen LogP contribution in [0.3, 0.4) is 0 Å². The fourth-order valence-electron chi connectivity index (χ4n) is 2.98. The number of hydrogen-bond donors (Lipinski definition) is 4. The lowest BCUT2D eigenvalue weighted by Crippen LogP contribution is -2.44. The number of carboxylic acids is 1. The fraction of sp³-hybridized carbons (Fsp3) is 0.150. The molecule has 1 aliphatic heterocycles. The Kier molecular flexibility index (Phi) is 5.15. The van der Waals surface area contributed by atoms with Gasteiger partial charge in [0.15, 0.2) is 0 Å². The van der Waals surface area contributed by atoms with Crippen LogP contribution in [0, 0.1) is 0 Å². The number of amides is 1. The van der Waals surface area contributed by atoms with Crippen molar-refractivity contribution in [3.8, 4) is 0 Å². The molecule has 4 rings (SSSR count). The normalized spacial score (nSPS) is 14.2. The minimum Gasteiger partial charge on any atom is -0.507 e. The molecule has 0 spiro atoms. The van der Waals surface area contributed by atoms with Gasteiger partial charge in [0.2, 0.25) is 6.23 Å². The Hall–Kier alpha value is -3.43. The zero-order valence-electron chi connectivity index (χ0n) is 15.1. The molecule has 2 heterocycles. The van der Waals surface area contributed by atoms with Gasteiger partial charge in [-0.05, 0) is 24.3 Å². The molecule has 29 heavy (non-hydrogen) atoms. The first-order valence-electron chi connectivity index (χ1n) is 8.78. The summed E-state index contributed by atoms with van der Waals surface area (Å²) in [5, 5.41) is 25.8. The highest BCUT2D eigenvalue weighted by Gasteiger charge is 2.27. The number of aromatic nitrogens is 1. The maximum Gasteiger partial charge on any atom is 0.354 e. The third-order valence-corrected chi connectivity index (χ3v) is 5.41. The van der Waals surface area contributed by atoms with Gasteiger partial charge in [-0.3, -0.25) is 4.79 Å². The van der Waals surface area contributed by atoms with Crippen LogP contribution in [0.1, 0.15) is 10.6 Å². The van der Waals surface area contributed by atoms with E-state index in [-0.39, 0.29) is 24.5 Å². The van der Waals surface area contributed by atoms with E-state index in [9.17, 15) is 19.8 Å². The van der Waals surface area contributed by atoms with Crippen LogP contribution >= 0.6 is 11.3 Å². The van der Waals surface area contributed by atoms with Crippen LogP contribution in [0.4, 0.5) is 5.69 Å². The van der Waals surface area contributed by atoms with Gasteiger partial charge in [0.1, 0.15) is 17.4 Å². The lowest BCUT2D eigenvalue weighted by Gasteiger charge is -2.22. The van der Waals surface area contributed by atoms with Gasteiger partial charge in [0.05, 0.1) is 15.8 Å². The van der Waals surface area contributed by atoms with Gasteiger partial charge < -0.3 is 25.6 Å². The number of benzene rings is 2. The van der Waals surface area contributed by atoms with Gasteiger partial charge >= 0.3 is 5.97 Å². The molecule has 1 unspecified atom stereocenters. The third kappa shape index (κ3) is 3.91. The Morgan fingerprint density at radius 2 is 1.97 bits per heavy atom. The van der Waals surface area contributed by atoms with Crippen molar-refractivity contribution in [2.45, 2.75) is 12.8 Å². The highest BCUT2D eigenvalue weighted by molar-refractivity contribution is 7.18. The van der Waals surface area contributed by atoms with Crippen LogP contribution in [0.5, 0.6) is 0 Å². The SMILES string of the molecule is O=C(NC(OCc1nc2ccccc2s1)C(=O)O)C1=C(O)c2ccccc2NC1. The molecular weight excluding hydrogens is 394 g/mol. The first-order valence-corrected chi connectivity index (χ1v) is 9.59. The molecule has 1 aliphatic rings. The number of carbonyl (C=O) groups excluding carboxylic acids is 1. The second-order valence-corrected chi connectivity index (χ2v) is 7.42. The summed E-state index contributed by atoms with van der Waals surface area (Å²) in [5.41, 5.74) is 2.02. The van der Waals surface area contributed by atoms with Crippen LogP contribution < -0.4 is 10.6 Å². The van der Waals surface area contributed by atoms with E-state index in [0.717, 1.165) is 10.2 Å². The third-order valence-electron chi connectivity index (χ3n) is 4.40. The number of hydrogen-bond acceptors (Lipinski definition) is 7. The Labute approximate surface area is 169 Å². The lowest BCUT2D eigenvalue weighted by molar-refractivity contribution is -0.156. The fourth-order valence-corrected chi connectivity index (χ4v) is 3.87. The molecule has 0 fully saturated rings. The smallest absolute Gasteiger partial charge is 0.354 e. The Morgan fingerprint density at radius 1 is 1.21 bits per heavy atom. The van der Waals surface area contributed by atoms with E-state index < -0.39 is 18.1 Å². The monoisotopic (exact) mass is 411 g/mol. The predicted molar refractivity (Wildman–Crippen MR) is 108 cm³/mol. The highest BCUT2D eigenvalue weighted by atomic mass is 32.1. The Bertz CT molecular complexity index is 1090. The van der Waals surface area contributed by atoms with Crippen molar-refractivity contribution in [3.63, 3.8) is 0 Å². The molecule has 2 aromatic carbocycles. The second-order valence-electron chi connectivity index (χ2n) is 6.30. The van der Waals surface area contributed by atoms with E-state index in [0.29, 0.717) is 16.3 Å². The second kappa shape index (κ2) is 7.90. The van der Waals surface area contributed by atoms with Crippen molar-refractivity contribution in [2.24, 2.45) is 0 Å². The number of rotatable bonds is 6. The van der Waals surface area contributed by atoms with Gasteiger partial charge in [-0.25, -0.2) is 9.78 Å². The molecule has 9 heteroatoms. The van der Waals surface area contributed by atoms with Crippen LogP contribution in [0.25, 0.3) is 16.0 Å². The van der Waals surface area contributed by atoms with Gasteiger partial charge in [-0.1, -0.05) is 24.3 Å². The average molecular weight is 411 g/mol. The van der Waals surface area contributed by atoms with Crippen LogP contribution in [-0.4, -0.2) is 39.8 Å². The van der Waals surface area contributed by atoms with Crippen molar-refractivity contribution >= 4 is 44.9 Å². The molecule has 3 aromatic rings. The van der Waals surface area contributed by atoms with Crippen molar-refractivity contribution in [2.75, 3.05) is 11.9 Å². The number of aliphatic hydroxyl groups is 1. The molecule has 1 amide bonds. The predicted octanol–water partition coefficient (Wildman–Crippen LogP) is 2.73. The average Bonchev–Trinajstić information content (AvgIpc) is 3.14. The van der Waals surface area contributed by atoms with Crippen LogP contribution in [0.2, 0.25) is 0 Å². The summed E-state index contributed by atoms with van der Waals surface area (Å²) >= 11 is 1.39. The summed E-state index contributed by atoms with van der Waals surface area (Å²) in [4.78, 5) is 28.5.